The van der Waals surface area contributed by atoms with E-state index in [4.69, 9.17) is 0 Å². The highest BCUT2D eigenvalue weighted by Crippen LogP contribution is 2.22. The molecule has 1 aromatic heterocycles. The molecule has 0 aliphatic carbocycles. The quantitative estimate of drug-likeness (QED) is 0.877. The zero-order valence-corrected chi connectivity index (χ0v) is 9.94. The van der Waals surface area contributed by atoms with Crippen LogP contribution in [0, 0.1) is 12.7 Å². The van der Waals surface area contributed by atoms with Crippen molar-refractivity contribution in [1.29, 1.82) is 0 Å². The first-order valence-corrected chi connectivity index (χ1v) is 5.56. The summed E-state index contributed by atoms with van der Waals surface area (Å²) in [6.07, 6.45) is 1.75. The highest BCUT2D eigenvalue weighted by molar-refractivity contribution is 5.30. The molecule has 1 unspecified atom stereocenters. The third kappa shape index (κ3) is 2.50. The van der Waals surface area contributed by atoms with Gasteiger partial charge in [-0.2, -0.15) is 0 Å². The van der Waals surface area contributed by atoms with Crippen molar-refractivity contribution in [2.75, 3.05) is 7.05 Å². The van der Waals surface area contributed by atoms with Crippen LogP contribution in [0.15, 0.2) is 42.6 Å². The van der Waals surface area contributed by atoms with E-state index in [-0.39, 0.29) is 11.9 Å². The Bertz CT molecular complexity index is 511. The van der Waals surface area contributed by atoms with E-state index in [1.54, 1.807) is 25.4 Å². The third-order valence-electron chi connectivity index (χ3n) is 2.74. The van der Waals surface area contributed by atoms with Gasteiger partial charge < -0.3 is 5.32 Å². The Kier molecular flexibility index (Phi) is 3.49. The molecule has 3 heteroatoms. The average molecular weight is 230 g/mol. The molecule has 0 aliphatic rings. The number of rotatable bonds is 3. The molecule has 2 nitrogen and oxygen atoms in total. The standard InChI is InChI=1S/C14H15FN2/c1-10-7-8-17-13(9-10)14(16-2)11-5-3-4-6-12(11)15/h3-9,14,16H,1-2H3. The first kappa shape index (κ1) is 11.7. The molecule has 1 aromatic carbocycles. The van der Waals surface area contributed by atoms with Crippen LogP contribution in [0.2, 0.25) is 0 Å². The monoisotopic (exact) mass is 230 g/mol. The molecular weight excluding hydrogens is 215 g/mol. The molecule has 2 rings (SSSR count). The second-order valence-corrected chi connectivity index (χ2v) is 4.00. The molecule has 0 spiro atoms. The summed E-state index contributed by atoms with van der Waals surface area (Å²) in [6, 6.07) is 10.4. The third-order valence-corrected chi connectivity index (χ3v) is 2.74. The van der Waals surface area contributed by atoms with E-state index in [1.165, 1.54) is 6.07 Å². The van der Waals surface area contributed by atoms with Gasteiger partial charge in [0.1, 0.15) is 5.82 Å². The van der Waals surface area contributed by atoms with Crippen LogP contribution >= 0.6 is 0 Å². The molecular formula is C14H15FN2. The van der Waals surface area contributed by atoms with E-state index < -0.39 is 0 Å². The van der Waals surface area contributed by atoms with E-state index in [0.29, 0.717) is 5.56 Å². The van der Waals surface area contributed by atoms with Crippen molar-refractivity contribution in [2.24, 2.45) is 0 Å². The Morgan fingerprint density at radius 1 is 1.24 bits per heavy atom. The zero-order chi connectivity index (χ0) is 12.3. The van der Waals surface area contributed by atoms with Crippen molar-refractivity contribution in [3.05, 3.63) is 65.2 Å². The highest BCUT2D eigenvalue weighted by Gasteiger charge is 2.16. The largest absolute Gasteiger partial charge is 0.308 e. The lowest BCUT2D eigenvalue weighted by atomic mass is 10.0. The molecule has 17 heavy (non-hydrogen) atoms. The summed E-state index contributed by atoms with van der Waals surface area (Å²) >= 11 is 0. The molecule has 0 saturated heterocycles. The van der Waals surface area contributed by atoms with Gasteiger partial charge in [0.2, 0.25) is 0 Å². The van der Waals surface area contributed by atoms with Gasteiger partial charge >= 0.3 is 0 Å². The molecule has 1 N–H and O–H groups in total. The fourth-order valence-electron chi connectivity index (χ4n) is 1.89. The van der Waals surface area contributed by atoms with Crippen LogP contribution in [0.4, 0.5) is 4.39 Å². The minimum Gasteiger partial charge on any atom is -0.308 e. The number of benzene rings is 1. The topological polar surface area (TPSA) is 24.9 Å². The molecule has 0 radical (unpaired) electrons. The minimum absolute atomic E-state index is 0.212. The van der Waals surface area contributed by atoms with Crippen LogP contribution in [0.5, 0.6) is 0 Å². The van der Waals surface area contributed by atoms with E-state index in [0.717, 1.165) is 11.3 Å². The lowest BCUT2D eigenvalue weighted by molar-refractivity contribution is 0.570. The van der Waals surface area contributed by atoms with Gasteiger partial charge in [-0.05, 0) is 37.7 Å². The van der Waals surface area contributed by atoms with Crippen molar-refractivity contribution in [3.8, 4) is 0 Å². The molecule has 0 aliphatic heterocycles. The fraction of sp³-hybridized carbons (Fsp3) is 0.214. The highest BCUT2D eigenvalue weighted by atomic mass is 19.1. The van der Waals surface area contributed by atoms with Crippen molar-refractivity contribution < 1.29 is 4.39 Å². The van der Waals surface area contributed by atoms with Gasteiger partial charge in [0, 0.05) is 11.8 Å². The number of pyridine rings is 1. The van der Waals surface area contributed by atoms with Gasteiger partial charge in [0.15, 0.2) is 0 Å². The van der Waals surface area contributed by atoms with E-state index >= 15 is 0 Å². The first-order valence-electron chi connectivity index (χ1n) is 5.56. The average Bonchev–Trinajstić information content (AvgIpc) is 2.33. The molecule has 1 atom stereocenters. The molecule has 0 saturated carbocycles. The summed E-state index contributed by atoms with van der Waals surface area (Å²) < 4.78 is 13.7. The second-order valence-electron chi connectivity index (χ2n) is 4.00. The summed E-state index contributed by atoms with van der Waals surface area (Å²) in [7, 11) is 1.81. The van der Waals surface area contributed by atoms with E-state index in [2.05, 4.69) is 10.3 Å². The smallest absolute Gasteiger partial charge is 0.128 e. The van der Waals surface area contributed by atoms with Gasteiger partial charge in [-0.15, -0.1) is 0 Å². The summed E-state index contributed by atoms with van der Waals surface area (Å²) in [5.41, 5.74) is 2.57. The van der Waals surface area contributed by atoms with Crippen molar-refractivity contribution in [2.45, 2.75) is 13.0 Å². The summed E-state index contributed by atoms with van der Waals surface area (Å²) in [4.78, 5) is 4.30. The Hall–Kier alpha value is -1.74. The first-order chi connectivity index (χ1) is 8.22. The van der Waals surface area contributed by atoms with Crippen LogP contribution in [0.25, 0.3) is 0 Å². The Morgan fingerprint density at radius 3 is 2.65 bits per heavy atom. The van der Waals surface area contributed by atoms with Gasteiger partial charge in [-0.1, -0.05) is 18.2 Å². The molecule has 0 amide bonds. The SMILES string of the molecule is CNC(c1cc(C)ccn1)c1ccccc1F. The number of hydrogen-bond acceptors (Lipinski definition) is 2. The number of aryl methyl sites for hydroxylation is 1. The van der Waals surface area contributed by atoms with Gasteiger partial charge in [-0.25, -0.2) is 4.39 Å². The maximum absolute atomic E-state index is 13.7. The van der Waals surface area contributed by atoms with Crippen LogP contribution in [-0.4, -0.2) is 12.0 Å². The van der Waals surface area contributed by atoms with Gasteiger partial charge in [0.25, 0.3) is 0 Å². The predicted octanol–water partition coefficient (Wildman–Crippen LogP) is 2.84. The van der Waals surface area contributed by atoms with Crippen molar-refractivity contribution in [3.63, 3.8) is 0 Å². The van der Waals surface area contributed by atoms with Crippen LogP contribution < -0.4 is 5.32 Å². The molecule has 0 bridgehead atoms. The lowest BCUT2D eigenvalue weighted by Gasteiger charge is -2.17. The Labute approximate surface area is 101 Å². The van der Waals surface area contributed by atoms with E-state index in [1.807, 2.05) is 25.1 Å². The van der Waals surface area contributed by atoms with Crippen LogP contribution in [-0.2, 0) is 0 Å². The van der Waals surface area contributed by atoms with Crippen molar-refractivity contribution in [1.82, 2.24) is 10.3 Å². The number of aromatic nitrogens is 1. The molecule has 2 aromatic rings. The number of halogens is 1. The lowest BCUT2D eigenvalue weighted by Crippen LogP contribution is -2.20. The normalized spacial score (nSPS) is 12.4. The minimum atomic E-state index is -0.213. The number of nitrogens with one attached hydrogen (secondary N) is 1. The summed E-state index contributed by atoms with van der Waals surface area (Å²) in [5.74, 6) is -0.213. The maximum atomic E-state index is 13.7. The van der Waals surface area contributed by atoms with Gasteiger partial charge in [0.05, 0.1) is 11.7 Å². The Morgan fingerprint density at radius 2 is 2.00 bits per heavy atom. The fourth-order valence-corrected chi connectivity index (χ4v) is 1.89. The van der Waals surface area contributed by atoms with Crippen molar-refractivity contribution >= 4 is 0 Å². The van der Waals surface area contributed by atoms with E-state index in [9.17, 15) is 4.39 Å². The molecule has 1 heterocycles. The summed E-state index contributed by atoms with van der Waals surface area (Å²) in [6.45, 7) is 2.00. The van der Waals surface area contributed by atoms with Gasteiger partial charge in [-0.3, -0.25) is 4.98 Å². The number of hydrogen-bond donors (Lipinski definition) is 1. The predicted molar refractivity (Wildman–Crippen MR) is 66.3 cm³/mol. The van der Waals surface area contributed by atoms with Crippen LogP contribution in [0.1, 0.15) is 22.9 Å². The Balaban J connectivity index is 2.44. The molecule has 88 valence electrons. The maximum Gasteiger partial charge on any atom is 0.128 e. The van der Waals surface area contributed by atoms with Crippen LogP contribution in [0.3, 0.4) is 0 Å². The molecule has 0 fully saturated rings. The zero-order valence-electron chi connectivity index (χ0n) is 9.94. The number of nitrogens with zero attached hydrogens (tertiary/aromatic N) is 1. The summed E-state index contributed by atoms with van der Waals surface area (Å²) in [5, 5.41) is 3.10. The second kappa shape index (κ2) is 5.06.